The topological polar surface area (TPSA) is 38.3 Å². The van der Waals surface area contributed by atoms with Crippen LogP contribution in [0.25, 0.3) is 0 Å². The molecule has 0 fully saturated rings. The van der Waals surface area contributed by atoms with Crippen molar-refractivity contribution in [3.05, 3.63) is 100 Å². The number of carbonyl (C=O) groups is 1. The van der Waals surface area contributed by atoms with E-state index in [0.717, 1.165) is 12.0 Å². The van der Waals surface area contributed by atoms with Crippen LogP contribution < -0.4 is 10.1 Å². The number of benzene rings is 3. The smallest absolute Gasteiger partial charge is 0.255 e. The van der Waals surface area contributed by atoms with Gasteiger partial charge in [0.15, 0.2) is 0 Å². The summed E-state index contributed by atoms with van der Waals surface area (Å²) in [6.45, 7) is 4.50. The first-order valence-electron chi connectivity index (χ1n) is 9.36. The molecule has 1 amide bonds. The van der Waals surface area contributed by atoms with Gasteiger partial charge in [-0.25, -0.2) is 0 Å². The molecule has 0 unspecified atom stereocenters. The molecule has 144 valence electrons. The molecule has 4 heteroatoms. The van der Waals surface area contributed by atoms with E-state index in [2.05, 4.69) is 36.5 Å². The summed E-state index contributed by atoms with van der Waals surface area (Å²) in [5.41, 5.74) is 3.91. The van der Waals surface area contributed by atoms with Crippen molar-refractivity contribution in [1.82, 2.24) is 5.32 Å². The summed E-state index contributed by atoms with van der Waals surface area (Å²) >= 11 is 6.12. The molecule has 3 nitrogen and oxygen atoms in total. The largest absolute Gasteiger partial charge is 0.492 e. The Hall–Kier alpha value is -2.78. The van der Waals surface area contributed by atoms with Gasteiger partial charge in [0.2, 0.25) is 0 Å². The average Bonchev–Trinajstić information content (AvgIpc) is 2.71. The molecule has 0 heterocycles. The highest BCUT2D eigenvalue weighted by molar-refractivity contribution is 6.31. The van der Waals surface area contributed by atoms with Crippen LogP contribution in [0.15, 0.2) is 72.8 Å². The quantitative estimate of drug-likeness (QED) is 0.554. The molecular weight excluding hydrogens is 370 g/mol. The van der Waals surface area contributed by atoms with Gasteiger partial charge < -0.3 is 10.1 Å². The summed E-state index contributed by atoms with van der Waals surface area (Å²) in [6.07, 6.45) is 0.768. The minimum Gasteiger partial charge on any atom is -0.492 e. The van der Waals surface area contributed by atoms with E-state index in [1.165, 1.54) is 11.1 Å². The minimum atomic E-state index is -0.204. The van der Waals surface area contributed by atoms with Crippen LogP contribution in [0.1, 0.15) is 40.0 Å². The zero-order valence-corrected chi connectivity index (χ0v) is 16.9. The molecule has 3 aromatic carbocycles. The van der Waals surface area contributed by atoms with E-state index in [-0.39, 0.29) is 11.9 Å². The van der Waals surface area contributed by atoms with E-state index in [1.807, 2.05) is 37.3 Å². The number of hydrogen-bond acceptors (Lipinski definition) is 2. The number of halogens is 1. The fraction of sp³-hybridized carbons (Fsp3) is 0.208. The number of hydrogen-bond donors (Lipinski definition) is 1. The number of nitrogens with one attached hydrogen (secondary N) is 1. The number of carbonyl (C=O) groups excluding carboxylic acids is 1. The first-order valence-corrected chi connectivity index (χ1v) is 9.74. The van der Waals surface area contributed by atoms with E-state index in [1.54, 1.807) is 18.2 Å². The lowest BCUT2D eigenvalue weighted by Gasteiger charge is -2.17. The number of aryl methyl sites for hydroxylation is 1. The molecule has 0 radical (unpaired) electrons. The van der Waals surface area contributed by atoms with Crippen LogP contribution in [-0.4, -0.2) is 12.5 Å². The maximum absolute atomic E-state index is 12.8. The predicted molar refractivity (Wildman–Crippen MR) is 114 cm³/mol. The van der Waals surface area contributed by atoms with Crippen molar-refractivity contribution in [2.24, 2.45) is 0 Å². The molecule has 0 saturated carbocycles. The Kier molecular flexibility index (Phi) is 6.72. The lowest BCUT2D eigenvalue weighted by molar-refractivity contribution is 0.0936. The number of rotatable bonds is 7. The van der Waals surface area contributed by atoms with Crippen LogP contribution in [0.3, 0.4) is 0 Å². The van der Waals surface area contributed by atoms with Crippen LogP contribution in [0.2, 0.25) is 5.02 Å². The van der Waals surface area contributed by atoms with Gasteiger partial charge in [0.05, 0.1) is 18.2 Å². The van der Waals surface area contributed by atoms with Gasteiger partial charge in [-0.05, 0) is 43.2 Å². The number of amides is 1. The molecule has 0 spiro atoms. The summed E-state index contributed by atoms with van der Waals surface area (Å²) in [7, 11) is 0. The average molecular weight is 394 g/mol. The SMILES string of the molecule is Cc1ccc(CCOc2ccc(Cl)cc2C(=O)N[C@@H](C)c2ccccc2)cc1. The van der Waals surface area contributed by atoms with E-state index >= 15 is 0 Å². The highest BCUT2D eigenvalue weighted by atomic mass is 35.5. The van der Waals surface area contributed by atoms with Crippen molar-refractivity contribution in [2.75, 3.05) is 6.61 Å². The molecule has 0 bridgehead atoms. The Balaban J connectivity index is 1.67. The third kappa shape index (κ3) is 5.37. The standard InChI is InChI=1S/C24H24ClNO2/c1-17-8-10-19(11-9-17)14-15-28-23-13-12-21(25)16-22(23)24(27)26-18(2)20-6-4-3-5-7-20/h3-13,16,18H,14-15H2,1-2H3,(H,26,27)/t18-/m0/s1. The highest BCUT2D eigenvalue weighted by Gasteiger charge is 2.16. The predicted octanol–water partition coefficient (Wildman–Crippen LogP) is 5.76. The Morgan fingerprint density at radius 2 is 1.75 bits per heavy atom. The maximum atomic E-state index is 12.8. The van der Waals surface area contributed by atoms with Crippen LogP contribution in [0, 0.1) is 6.92 Å². The second kappa shape index (κ2) is 9.43. The molecule has 0 saturated heterocycles. The van der Waals surface area contributed by atoms with Crippen molar-refractivity contribution >= 4 is 17.5 Å². The van der Waals surface area contributed by atoms with Crippen molar-refractivity contribution in [3.63, 3.8) is 0 Å². The summed E-state index contributed by atoms with van der Waals surface area (Å²) in [6, 6.07) is 23.2. The summed E-state index contributed by atoms with van der Waals surface area (Å²) in [4.78, 5) is 12.8. The first-order chi connectivity index (χ1) is 13.5. The summed E-state index contributed by atoms with van der Waals surface area (Å²) in [5, 5.41) is 3.52. The lowest BCUT2D eigenvalue weighted by atomic mass is 10.1. The van der Waals surface area contributed by atoms with E-state index in [0.29, 0.717) is 22.9 Å². The van der Waals surface area contributed by atoms with Crippen molar-refractivity contribution in [1.29, 1.82) is 0 Å². The molecule has 1 atom stereocenters. The first kappa shape index (κ1) is 20.0. The fourth-order valence-electron chi connectivity index (χ4n) is 2.94. The zero-order chi connectivity index (χ0) is 19.9. The van der Waals surface area contributed by atoms with Crippen LogP contribution in [0.5, 0.6) is 5.75 Å². The van der Waals surface area contributed by atoms with Gasteiger partial charge in [-0.15, -0.1) is 0 Å². The Morgan fingerprint density at radius 1 is 1.04 bits per heavy atom. The normalized spacial score (nSPS) is 11.7. The van der Waals surface area contributed by atoms with E-state index in [9.17, 15) is 4.79 Å². The third-order valence-electron chi connectivity index (χ3n) is 4.60. The Labute approximate surface area is 171 Å². The van der Waals surface area contributed by atoms with Crippen LogP contribution in [0.4, 0.5) is 0 Å². The fourth-order valence-corrected chi connectivity index (χ4v) is 3.11. The van der Waals surface area contributed by atoms with E-state index in [4.69, 9.17) is 16.3 Å². The molecule has 28 heavy (non-hydrogen) atoms. The molecule has 0 aliphatic rings. The van der Waals surface area contributed by atoms with Crippen LogP contribution in [-0.2, 0) is 6.42 Å². The van der Waals surface area contributed by atoms with Gasteiger partial charge in [0.25, 0.3) is 5.91 Å². The maximum Gasteiger partial charge on any atom is 0.255 e. The van der Waals surface area contributed by atoms with Gasteiger partial charge in [-0.2, -0.15) is 0 Å². The molecule has 3 rings (SSSR count). The summed E-state index contributed by atoms with van der Waals surface area (Å²) < 4.78 is 5.92. The molecule has 0 aliphatic heterocycles. The van der Waals surface area contributed by atoms with Gasteiger partial charge in [-0.1, -0.05) is 71.8 Å². The lowest BCUT2D eigenvalue weighted by Crippen LogP contribution is -2.27. The van der Waals surface area contributed by atoms with E-state index < -0.39 is 0 Å². The second-order valence-electron chi connectivity index (χ2n) is 6.83. The van der Waals surface area contributed by atoms with Gasteiger partial charge in [-0.3, -0.25) is 4.79 Å². The molecule has 1 N–H and O–H groups in total. The van der Waals surface area contributed by atoms with Gasteiger partial charge >= 0.3 is 0 Å². The minimum absolute atomic E-state index is 0.118. The van der Waals surface area contributed by atoms with Gasteiger partial charge in [0.1, 0.15) is 5.75 Å². The molecular formula is C24H24ClNO2. The van der Waals surface area contributed by atoms with Crippen molar-refractivity contribution in [3.8, 4) is 5.75 Å². The third-order valence-corrected chi connectivity index (χ3v) is 4.84. The molecule has 3 aromatic rings. The Bertz CT molecular complexity index is 923. The highest BCUT2D eigenvalue weighted by Crippen LogP contribution is 2.24. The zero-order valence-electron chi connectivity index (χ0n) is 16.1. The molecule has 0 aromatic heterocycles. The Morgan fingerprint density at radius 3 is 2.46 bits per heavy atom. The van der Waals surface area contributed by atoms with Gasteiger partial charge in [0, 0.05) is 11.4 Å². The van der Waals surface area contributed by atoms with Crippen LogP contribution >= 0.6 is 11.6 Å². The number of ether oxygens (including phenoxy) is 1. The second-order valence-corrected chi connectivity index (χ2v) is 7.27. The monoisotopic (exact) mass is 393 g/mol. The summed E-state index contributed by atoms with van der Waals surface area (Å²) in [5.74, 6) is 0.332. The van der Waals surface area contributed by atoms with Crippen molar-refractivity contribution < 1.29 is 9.53 Å². The molecule has 0 aliphatic carbocycles. The van der Waals surface area contributed by atoms with Crippen molar-refractivity contribution in [2.45, 2.75) is 26.3 Å².